The zero-order valence-electron chi connectivity index (χ0n) is 10.7. The second-order valence-electron chi connectivity index (χ2n) is 4.27. The molecule has 0 saturated carbocycles. The van der Waals surface area contributed by atoms with Crippen LogP contribution in [0.5, 0.6) is 0 Å². The molecule has 4 nitrogen and oxygen atoms in total. The van der Waals surface area contributed by atoms with Crippen LogP contribution < -0.4 is 11.1 Å². The molecule has 0 fully saturated rings. The number of nitrogens with one attached hydrogen (secondary N) is 1. The van der Waals surface area contributed by atoms with Crippen LogP contribution in [0, 0.1) is 5.82 Å². The number of amides is 1. The summed E-state index contributed by atoms with van der Waals surface area (Å²) in [6.45, 7) is 1.77. The van der Waals surface area contributed by atoms with Crippen LogP contribution in [0.4, 0.5) is 10.2 Å². The fourth-order valence-electron chi connectivity index (χ4n) is 1.81. The number of aromatic nitrogens is 1. The normalized spacial score (nSPS) is 11.9. The smallest absolute Gasteiger partial charge is 0.254 e. The Hall–Kier alpha value is -2.14. The van der Waals surface area contributed by atoms with Crippen molar-refractivity contribution in [3.05, 3.63) is 58.5 Å². The van der Waals surface area contributed by atoms with Crippen molar-refractivity contribution in [2.24, 2.45) is 0 Å². The topological polar surface area (TPSA) is 68.0 Å². The van der Waals surface area contributed by atoms with Crippen LogP contribution in [-0.2, 0) is 0 Å². The minimum absolute atomic E-state index is 0.142. The maximum Gasteiger partial charge on any atom is 0.254 e. The molecule has 0 aliphatic carbocycles. The summed E-state index contributed by atoms with van der Waals surface area (Å²) in [5, 5.41) is 3.21. The fraction of sp³-hybridized carbons (Fsp3) is 0.143. The molecule has 0 spiro atoms. The number of hydrogen-bond acceptors (Lipinski definition) is 3. The molecule has 0 aliphatic heterocycles. The zero-order chi connectivity index (χ0) is 14.7. The Morgan fingerprint density at radius 1 is 1.40 bits per heavy atom. The number of anilines is 1. The van der Waals surface area contributed by atoms with Gasteiger partial charge in [0.05, 0.1) is 11.6 Å². The van der Waals surface area contributed by atoms with Gasteiger partial charge in [0.1, 0.15) is 0 Å². The number of nitrogen functional groups attached to an aromatic ring is 1. The van der Waals surface area contributed by atoms with E-state index < -0.39 is 11.7 Å². The van der Waals surface area contributed by atoms with Crippen molar-refractivity contribution < 1.29 is 9.18 Å². The second-order valence-corrected chi connectivity index (χ2v) is 4.68. The third-order valence-electron chi connectivity index (χ3n) is 2.88. The van der Waals surface area contributed by atoms with E-state index >= 15 is 0 Å². The molecule has 0 radical (unpaired) electrons. The first-order chi connectivity index (χ1) is 9.50. The molecule has 0 aliphatic rings. The molecule has 3 N–H and O–H groups in total. The largest absolute Gasteiger partial charge is 0.381 e. The van der Waals surface area contributed by atoms with E-state index in [1.165, 1.54) is 12.3 Å². The van der Waals surface area contributed by atoms with Crippen LogP contribution >= 0.6 is 11.6 Å². The SMILES string of the molecule is CC(NC(=O)c1ccnc(N)c1F)c1ccccc1Cl. The maximum atomic E-state index is 13.7. The van der Waals surface area contributed by atoms with Gasteiger partial charge in [0.2, 0.25) is 0 Å². The maximum absolute atomic E-state index is 13.7. The first-order valence-electron chi connectivity index (χ1n) is 5.96. The molecule has 0 saturated heterocycles. The molecule has 1 unspecified atom stereocenters. The van der Waals surface area contributed by atoms with Crippen molar-refractivity contribution in [2.75, 3.05) is 5.73 Å². The molecule has 1 heterocycles. The van der Waals surface area contributed by atoms with Gasteiger partial charge in [-0.2, -0.15) is 0 Å². The van der Waals surface area contributed by atoms with Gasteiger partial charge in [-0.25, -0.2) is 9.37 Å². The third-order valence-corrected chi connectivity index (χ3v) is 3.22. The molecule has 6 heteroatoms. The van der Waals surface area contributed by atoms with Crippen LogP contribution in [0.3, 0.4) is 0 Å². The molecule has 1 aromatic carbocycles. The number of hydrogen-bond donors (Lipinski definition) is 2. The van der Waals surface area contributed by atoms with E-state index in [2.05, 4.69) is 10.3 Å². The first-order valence-corrected chi connectivity index (χ1v) is 6.33. The first kappa shape index (κ1) is 14.3. The molecular formula is C14H13ClFN3O. The van der Waals surface area contributed by atoms with Gasteiger partial charge in [0.25, 0.3) is 5.91 Å². The summed E-state index contributed by atoms with van der Waals surface area (Å²) in [4.78, 5) is 15.6. The lowest BCUT2D eigenvalue weighted by Gasteiger charge is -2.16. The Morgan fingerprint density at radius 2 is 2.10 bits per heavy atom. The second kappa shape index (κ2) is 5.88. The minimum Gasteiger partial charge on any atom is -0.381 e. The summed E-state index contributed by atoms with van der Waals surface area (Å²) in [6, 6.07) is 8.05. The highest BCUT2D eigenvalue weighted by atomic mass is 35.5. The highest BCUT2D eigenvalue weighted by Crippen LogP contribution is 2.22. The summed E-state index contributed by atoms with van der Waals surface area (Å²) in [7, 11) is 0. The molecule has 1 atom stereocenters. The van der Waals surface area contributed by atoms with Crippen molar-refractivity contribution in [1.82, 2.24) is 10.3 Å². The van der Waals surface area contributed by atoms with E-state index in [0.717, 1.165) is 5.56 Å². The average molecular weight is 294 g/mol. The average Bonchev–Trinajstić information content (AvgIpc) is 2.42. The van der Waals surface area contributed by atoms with Crippen LogP contribution in [0.15, 0.2) is 36.5 Å². The van der Waals surface area contributed by atoms with Crippen LogP contribution in [0.2, 0.25) is 5.02 Å². The molecule has 1 aromatic heterocycles. The van der Waals surface area contributed by atoms with Gasteiger partial charge in [0, 0.05) is 11.2 Å². The molecule has 2 aromatic rings. The molecule has 1 amide bonds. The number of pyridine rings is 1. The number of halogens is 2. The predicted octanol–water partition coefficient (Wildman–Crippen LogP) is 2.95. The van der Waals surface area contributed by atoms with Crippen molar-refractivity contribution in [2.45, 2.75) is 13.0 Å². The van der Waals surface area contributed by atoms with Gasteiger partial charge >= 0.3 is 0 Å². The summed E-state index contributed by atoms with van der Waals surface area (Å²) in [5.74, 6) is -1.69. The van der Waals surface area contributed by atoms with Crippen molar-refractivity contribution in [1.29, 1.82) is 0 Å². The highest BCUT2D eigenvalue weighted by molar-refractivity contribution is 6.31. The van der Waals surface area contributed by atoms with Gasteiger partial charge in [0.15, 0.2) is 11.6 Å². The van der Waals surface area contributed by atoms with Gasteiger partial charge < -0.3 is 11.1 Å². The van der Waals surface area contributed by atoms with E-state index in [0.29, 0.717) is 5.02 Å². The predicted molar refractivity (Wildman–Crippen MR) is 75.9 cm³/mol. The van der Waals surface area contributed by atoms with Crippen LogP contribution in [-0.4, -0.2) is 10.9 Å². The fourth-order valence-corrected chi connectivity index (χ4v) is 2.11. The zero-order valence-corrected chi connectivity index (χ0v) is 11.5. The van der Waals surface area contributed by atoms with Crippen LogP contribution in [0.1, 0.15) is 28.9 Å². The molecule has 20 heavy (non-hydrogen) atoms. The number of carbonyl (C=O) groups excluding carboxylic acids is 1. The lowest BCUT2D eigenvalue weighted by molar-refractivity contribution is 0.0936. The number of rotatable bonds is 3. The van der Waals surface area contributed by atoms with E-state index in [1.807, 2.05) is 6.07 Å². The highest BCUT2D eigenvalue weighted by Gasteiger charge is 2.18. The quantitative estimate of drug-likeness (QED) is 0.914. The summed E-state index contributed by atoms with van der Waals surface area (Å²) < 4.78 is 13.7. The van der Waals surface area contributed by atoms with Gasteiger partial charge in [-0.15, -0.1) is 0 Å². The lowest BCUT2D eigenvalue weighted by atomic mass is 10.1. The van der Waals surface area contributed by atoms with Crippen molar-refractivity contribution in [3.63, 3.8) is 0 Å². The number of benzene rings is 1. The standard InChI is InChI=1S/C14H13ClFN3O/c1-8(9-4-2-3-5-11(9)15)19-14(20)10-6-7-18-13(17)12(10)16/h2-8H,1H3,(H2,17,18)(H,19,20). The van der Waals surface area contributed by atoms with Crippen molar-refractivity contribution in [3.8, 4) is 0 Å². The lowest BCUT2D eigenvalue weighted by Crippen LogP contribution is -2.28. The monoisotopic (exact) mass is 293 g/mol. The molecule has 104 valence electrons. The Kier molecular flexibility index (Phi) is 4.20. The molecule has 0 bridgehead atoms. The Bertz CT molecular complexity index is 648. The van der Waals surface area contributed by atoms with Gasteiger partial charge in [-0.05, 0) is 24.6 Å². The third kappa shape index (κ3) is 2.88. The Labute approximate surface area is 120 Å². The minimum atomic E-state index is -0.823. The van der Waals surface area contributed by atoms with Crippen LogP contribution in [0.25, 0.3) is 0 Å². The van der Waals surface area contributed by atoms with E-state index in [1.54, 1.807) is 25.1 Å². The Balaban J connectivity index is 2.20. The summed E-state index contributed by atoms with van der Waals surface area (Å²) in [5.41, 5.74) is 5.95. The number of nitrogens with zero attached hydrogens (tertiary/aromatic N) is 1. The van der Waals surface area contributed by atoms with Crippen molar-refractivity contribution >= 4 is 23.3 Å². The summed E-state index contributed by atoms with van der Waals surface area (Å²) in [6.07, 6.45) is 1.29. The Morgan fingerprint density at radius 3 is 2.80 bits per heavy atom. The van der Waals surface area contributed by atoms with E-state index in [4.69, 9.17) is 17.3 Å². The van der Waals surface area contributed by atoms with Gasteiger partial charge in [-0.3, -0.25) is 4.79 Å². The van der Waals surface area contributed by atoms with E-state index in [9.17, 15) is 9.18 Å². The number of nitrogens with two attached hydrogens (primary N) is 1. The van der Waals surface area contributed by atoms with E-state index in [-0.39, 0.29) is 17.4 Å². The van der Waals surface area contributed by atoms with Gasteiger partial charge in [-0.1, -0.05) is 29.8 Å². The number of carbonyl (C=O) groups is 1. The molecule has 2 rings (SSSR count). The summed E-state index contributed by atoms with van der Waals surface area (Å²) >= 11 is 6.05. The molecular weight excluding hydrogens is 281 g/mol.